The van der Waals surface area contributed by atoms with Crippen molar-refractivity contribution in [1.82, 2.24) is 0 Å². The number of carbonyl (C=O) groups is 1. The van der Waals surface area contributed by atoms with Crippen molar-refractivity contribution in [3.63, 3.8) is 0 Å². The molecule has 0 heterocycles. The lowest BCUT2D eigenvalue weighted by Crippen LogP contribution is -2.13. The molecule has 0 atom stereocenters. The number of carbonyl (C=O) groups excluding carboxylic acids is 1. The molecule has 0 fully saturated rings. The molecule has 1 amide bonds. The minimum Gasteiger partial charge on any atom is -0.398 e. The highest BCUT2D eigenvalue weighted by atomic mass is 35.5. The second kappa shape index (κ2) is 6.44. The van der Waals surface area contributed by atoms with Gasteiger partial charge in [-0.1, -0.05) is 43.1 Å². The second-order valence-corrected chi connectivity index (χ2v) is 5.00. The molecule has 0 aliphatic heterocycles. The van der Waals surface area contributed by atoms with Gasteiger partial charge in [0.15, 0.2) is 0 Å². The van der Waals surface area contributed by atoms with Crippen LogP contribution in [0.1, 0.15) is 29.3 Å². The monoisotopic (exact) mass is 288 g/mol. The summed E-state index contributed by atoms with van der Waals surface area (Å²) in [5, 5.41) is 3.31. The van der Waals surface area contributed by atoms with E-state index in [1.165, 1.54) is 0 Å². The largest absolute Gasteiger partial charge is 0.398 e. The summed E-state index contributed by atoms with van der Waals surface area (Å²) in [4.78, 5) is 12.2. The number of nitrogens with two attached hydrogens (primary N) is 1. The van der Waals surface area contributed by atoms with Gasteiger partial charge in [0, 0.05) is 11.3 Å². The zero-order chi connectivity index (χ0) is 14.5. The predicted molar refractivity (Wildman–Crippen MR) is 84.3 cm³/mol. The van der Waals surface area contributed by atoms with Crippen molar-refractivity contribution in [2.75, 3.05) is 11.1 Å². The smallest absolute Gasteiger partial charge is 0.255 e. The van der Waals surface area contributed by atoms with Gasteiger partial charge in [0.2, 0.25) is 0 Å². The van der Waals surface area contributed by atoms with Crippen LogP contribution in [0.4, 0.5) is 11.4 Å². The summed E-state index contributed by atoms with van der Waals surface area (Å²) in [7, 11) is 0. The molecule has 0 aliphatic carbocycles. The minimum atomic E-state index is -0.185. The van der Waals surface area contributed by atoms with Crippen LogP contribution in [-0.2, 0) is 6.42 Å². The van der Waals surface area contributed by atoms with Crippen LogP contribution in [-0.4, -0.2) is 5.91 Å². The van der Waals surface area contributed by atoms with Crippen molar-refractivity contribution in [3.8, 4) is 0 Å². The molecule has 0 spiro atoms. The molecular formula is C16H17ClN2O. The Morgan fingerprint density at radius 1 is 1.25 bits per heavy atom. The number of aryl methyl sites for hydroxylation is 1. The van der Waals surface area contributed by atoms with Crippen LogP contribution in [0.3, 0.4) is 0 Å². The van der Waals surface area contributed by atoms with Crippen LogP contribution in [0.2, 0.25) is 5.02 Å². The van der Waals surface area contributed by atoms with Crippen molar-refractivity contribution < 1.29 is 4.79 Å². The quantitative estimate of drug-likeness (QED) is 0.831. The fourth-order valence-corrected chi connectivity index (χ4v) is 2.17. The number of amides is 1. The van der Waals surface area contributed by atoms with Crippen LogP contribution in [0.25, 0.3) is 0 Å². The first-order valence-electron chi connectivity index (χ1n) is 6.56. The van der Waals surface area contributed by atoms with E-state index in [1.807, 2.05) is 24.3 Å². The summed E-state index contributed by atoms with van der Waals surface area (Å²) in [6.45, 7) is 2.11. The number of nitrogens with one attached hydrogen (secondary N) is 1. The third-order valence-corrected chi connectivity index (χ3v) is 3.37. The average Bonchev–Trinajstić information content (AvgIpc) is 2.44. The predicted octanol–water partition coefficient (Wildman–Crippen LogP) is 4.13. The van der Waals surface area contributed by atoms with E-state index in [4.69, 9.17) is 17.3 Å². The number of nitrogen functional groups attached to an aromatic ring is 1. The van der Waals surface area contributed by atoms with Gasteiger partial charge in [0.05, 0.1) is 10.7 Å². The first kappa shape index (κ1) is 14.4. The van der Waals surface area contributed by atoms with Crippen molar-refractivity contribution in [1.29, 1.82) is 0 Å². The Hall–Kier alpha value is -2.00. The SMILES string of the molecule is CCCc1ccccc1NC(=O)c1ccc(N)c(Cl)c1. The number of hydrogen-bond acceptors (Lipinski definition) is 2. The van der Waals surface area contributed by atoms with Gasteiger partial charge in [0.25, 0.3) is 5.91 Å². The normalized spacial score (nSPS) is 10.3. The van der Waals surface area contributed by atoms with E-state index in [9.17, 15) is 4.79 Å². The van der Waals surface area contributed by atoms with Gasteiger partial charge < -0.3 is 11.1 Å². The van der Waals surface area contributed by atoms with Gasteiger partial charge in [0.1, 0.15) is 0 Å². The van der Waals surface area contributed by atoms with Gasteiger partial charge in [-0.2, -0.15) is 0 Å². The third kappa shape index (κ3) is 3.31. The zero-order valence-electron chi connectivity index (χ0n) is 11.3. The summed E-state index contributed by atoms with van der Waals surface area (Å²) in [5.41, 5.74) is 8.57. The Bertz CT molecular complexity index is 626. The molecule has 3 N–H and O–H groups in total. The maximum absolute atomic E-state index is 12.2. The summed E-state index contributed by atoms with van der Waals surface area (Å²) in [6, 6.07) is 12.7. The lowest BCUT2D eigenvalue weighted by Gasteiger charge is -2.11. The number of para-hydroxylation sites is 1. The Morgan fingerprint density at radius 2 is 2.00 bits per heavy atom. The van der Waals surface area contributed by atoms with E-state index in [0.717, 1.165) is 24.1 Å². The van der Waals surface area contributed by atoms with E-state index in [0.29, 0.717) is 16.3 Å². The maximum atomic E-state index is 12.2. The zero-order valence-corrected chi connectivity index (χ0v) is 12.1. The van der Waals surface area contributed by atoms with E-state index >= 15 is 0 Å². The molecule has 0 saturated heterocycles. The highest BCUT2D eigenvalue weighted by molar-refractivity contribution is 6.33. The Morgan fingerprint density at radius 3 is 2.70 bits per heavy atom. The van der Waals surface area contributed by atoms with Crippen molar-refractivity contribution in [3.05, 3.63) is 58.6 Å². The molecule has 104 valence electrons. The van der Waals surface area contributed by atoms with Crippen LogP contribution in [0, 0.1) is 0 Å². The maximum Gasteiger partial charge on any atom is 0.255 e. The molecule has 2 aromatic carbocycles. The van der Waals surface area contributed by atoms with Crippen LogP contribution >= 0.6 is 11.6 Å². The van der Waals surface area contributed by atoms with Gasteiger partial charge in [-0.3, -0.25) is 4.79 Å². The molecule has 0 saturated carbocycles. The lowest BCUT2D eigenvalue weighted by atomic mass is 10.1. The fraction of sp³-hybridized carbons (Fsp3) is 0.188. The molecule has 2 rings (SSSR count). The second-order valence-electron chi connectivity index (χ2n) is 4.60. The van der Waals surface area contributed by atoms with Crippen molar-refractivity contribution in [2.45, 2.75) is 19.8 Å². The van der Waals surface area contributed by atoms with E-state index < -0.39 is 0 Å². The number of halogens is 1. The Balaban J connectivity index is 2.21. The summed E-state index contributed by atoms with van der Waals surface area (Å²) in [5.74, 6) is -0.185. The highest BCUT2D eigenvalue weighted by Crippen LogP contribution is 2.22. The molecule has 3 nitrogen and oxygen atoms in total. The Kier molecular flexibility index (Phi) is 4.64. The number of rotatable bonds is 4. The fourth-order valence-electron chi connectivity index (χ4n) is 1.99. The van der Waals surface area contributed by atoms with Gasteiger partial charge in [-0.05, 0) is 36.2 Å². The van der Waals surface area contributed by atoms with Crippen LogP contribution in [0.15, 0.2) is 42.5 Å². The van der Waals surface area contributed by atoms with E-state index in [2.05, 4.69) is 12.2 Å². The molecule has 2 aromatic rings. The number of anilines is 2. The van der Waals surface area contributed by atoms with Crippen LogP contribution in [0.5, 0.6) is 0 Å². The lowest BCUT2D eigenvalue weighted by molar-refractivity contribution is 0.102. The first-order chi connectivity index (χ1) is 9.61. The third-order valence-electron chi connectivity index (χ3n) is 3.05. The standard InChI is InChI=1S/C16H17ClN2O/c1-2-5-11-6-3-4-7-15(11)19-16(20)12-8-9-14(18)13(17)10-12/h3-4,6-10H,2,5,18H2,1H3,(H,19,20). The summed E-state index contributed by atoms with van der Waals surface area (Å²) < 4.78 is 0. The molecular weight excluding hydrogens is 272 g/mol. The van der Waals surface area contributed by atoms with Crippen molar-refractivity contribution in [2.24, 2.45) is 0 Å². The molecule has 20 heavy (non-hydrogen) atoms. The first-order valence-corrected chi connectivity index (χ1v) is 6.94. The molecule has 0 radical (unpaired) electrons. The minimum absolute atomic E-state index is 0.185. The molecule has 0 aromatic heterocycles. The topological polar surface area (TPSA) is 55.1 Å². The summed E-state index contributed by atoms with van der Waals surface area (Å²) in [6.07, 6.45) is 1.96. The summed E-state index contributed by atoms with van der Waals surface area (Å²) >= 11 is 5.94. The van der Waals surface area contributed by atoms with Gasteiger partial charge in [-0.25, -0.2) is 0 Å². The molecule has 0 unspecified atom stereocenters. The number of hydrogen-bond donors (Lipinski definition) is 2. The average molecular weight is 289 g/mol. The van der Waals surface area contributed by atoms with Gasteiger partial charge >= 0.3 is 0 Å². The van der Waals surface area contributed by atoms with E-state index in [1.54, 1.807) is 18.2 Å². The van der Waals surface area contributed by atoms with Crippen LogP contribution < -0.4 is 11.1 Å². The van der Waals surface area contributed by atoms with E-state index in [-0.39, 0.29) is 5.91 Å². The highest BCUT2D eigenvalue weighted by Gasteiger charge is 2.10. The molecule has 0 aliphatic rings. The molecule has 4 heteroatoms. The number of benzene rings is 2. The molecule has 0 bridgehead atoms. The van der Waals surface area contributed by atoms with Gasteiger partial charge in [-0.15, -0.1) is 0 Å². The Labute approximate surface area is 123 Å². The van der Waals surface area contributed by atoms with Crippen molar-refractivity contribution >= 4 is 28.9 Å².